The van der Waals surface area contributed by atoms with Gasteiger partial charge in [0.25, 0.3) is 11.6 Å². The van der Waals surface area contributed by atoms with Crippen molar-refractivity contribution in [2.24, 2.45) is 0 Å². The van der Waals surface area contributed by atoms with E-state index in [9.17, 15) is 29.4 Å². The molecule has 0 aliphatic heterocycles. The Hall–Kier alpha value is -7.24. The maximum absolute atomic E-state index is 12.0. The second-order valence-electron chi connectivity index (χ2n) is 11.7. The largest absolute Gasteiger partial charge is 0.507 e. The van der Waals surface area contributed by atoms with E-state index >= 15 is 0 Å². The van der Waals surface area contributed by atoms with Crippen LogP contribution in [0.25, 0.3) is 33.1 Å². The minimum Gasteiger partial charge on any atom is -0.507 e. The molecule has 0 heterocycles. The van der Waals surface area contributed by atoms with E-state index < -0.39 is 35.0 Å². The summed E-state index contributed by atoms with van der Waals surface area (Å²) in [7, 11) is 14.5. The lowest BCUT2D eigenvalue weighted by molar-refractivity contribution is -0.151. The van der Waals surface area contributed by atoms with Gasteiger partial charge in [-0.2, -0.15) is 0 Å². The molecular weight excluding hydrogens is 792 g/mol. The number of aliphatic hydroxyl groups is 2. The highest BCUT2D eigenvalue weighted by Gasteiger charge is 2.28. The first-order valence-corrected chi connectivity index (χ1v) is 17.8. The molecule has 4 aromatic carbocycles. The number of hydrogen-bond acceptors (Lipinski definition) is 18. The Balaban J connectivity index is 0.000000320. The fraction of sp³-hybridized carbons (Fsp3) is 0.333. The quantitative estimate of drug-likeness (QED) is 0.0521. The molecule has 4 rings (SSSR count). The molecule has 0 radical (unpaired) electrons. The van der Waals surface area contributed by atoms with Crippen molar-refractivity contribution in [3.05, 3.63) is 47.5 Å². The monoisotopic (exact) mass is 840 g/mol. The van der Waals surface area contributed by atoms with Crippen molar-refractivity contribution in [3.63, 3.8) is 0 Å². The standard InChI is InChI=1S/2C21H24O9/c2*1-7-30-21(24)13(23)9-12(22)11-8-14(25-2)18-17(19(11)28-5)15(26-3)10-16(27-4)20(18)29-6/h2*8-10,22H,7H2,1-6H3/b2*12-9-. The van der Waals surface area contributed by atoms with Gasteiger partial charge in [-0.05, 0) is 26.0 Å². The highest BCUT2D eigenvalue weighted by molar-refractivity contribution is 6.40. The third kappa shape index (κ3) is 9.54. The number of methoxy groups -OCH3 is 10. The molecule has 18 nitrogen and oxygen atoms in total. The third-order valence-electron chi connectivity index (χ3n) is 8.58. The number of carbonyl (C=O) groups excluding carboxylic acids is 4. The minimum atomic E-state index is -1.08. The molecule has 60 heavy (non-hydrogen) atoms. The van der Waals surface area contributed by atoms with Gasteiger partial charge < -0.3 is 67.1 Å². The van der Waals surface area contributed by atoms with Crippen molar-refractivity contribution >= 4 is 56.6 Å². The molecule has 0 saturated heterocycles. The number of ketones is 2. The van der Waals surface area contributed by atoms with Crippen LogP contribution in [0, 0.1) is 0 Å². The Morgan fingerprint density at radius 3 is 0.933 bits per heavy atom. The third-order valence-corrected chi connectivity index (χ3v) is 8.58. The van der Waals surface area contributed by atoms with Crippen molar-refractivity contribution in [1.82, 2.24) is 0 Å². The lowest BCUT2D eigenvalue weighted by Gasteiger charge is -2.20. The van der Waals surface area contributed by atoms with Gasteiger partial charge in [0.05, 0.1) is 117 Å². The van der Waals surface area contributed by atoms with E-state index in [1.54, 1.807) is 26.0 Å². The maximum atomic E-state index is 12.0. The van der Waals surface area contributed by atoms with Gasteiger partial charge in [0.15, 0.2) is 23.0 Å². The Labute approximate surface area is 345 Å². The van der Waals surface area contributed by atoms with Gasteiger partial charge in [0.2, 0.25) is 0 Å². The molecular formula is C42H48O18. The SMILES string of the molecule is CCOC(=O)C(=O)/C=C(\O)c1cc(OC)c2c(OC)c(OC)cc(OC)c2c1OC.CCOC(=O)C(=O)/C=C(\O)c1cc(OC)c2c(OC)c(OC)cc(OC)c2c1OC. The summed E-state index contributed by atoms with van der Waals surface area (Å²) in [6.45, 7) is 3.20. The molecule has 0 unspecified atom stereocenters. The van der Waals surface area contributed by atoms with Crippen LogP contribution >= 0.6 is 0 Å². The molecule has 0 aliphatic rings. The van der Waals surface area contributed by atoms with Gasteiger partial charge in [-0.15, -0.1) is 0 Å². The van der Waals surface area contributed by atoms with E-state index in [0.717, 1.165) is 12.2 Å². The normalized spacial score (nSPS) is 11.1. The van der Waals surface area contributed by atoms with E-state index in [1.165, 1.54) is 83.2 Å². The zero-order valence-electron chi connectivity index (χ0n) is 35.3. The lowest BCUT2D eigenvalue weighted by Crippen LogP contribution is -2.15. The molecule has 0 saturated carbocycles. The van der Waals surface area contributed by atoms with Crippen molar-refractivity contribution in [1.29, 1.82) is 0 Å². The molecule has 0 spiro atoms. The maximum Gasteiger partial charge on any atom is 0.379 e. The number of benzene rings is 4. The van der Waals surface area contributed by atoms with Gasteiger partial charge in [-0.25, -0.2) is 9.59 Å². The molecule has 0 fully saturated rings. The fourth-order valence-corrected chi connectivity index (χ4v) is 6.04. The number of hydrogen-bond donors (Lipinski definition) is 2. The molecule has 0 aromatic heterocycles. The molecule has 0 amide bonds. The van der Waals surface area contributed by atoms with E-state index in [-0.39, 0.29) is 35.8 Å². The Kier molecular flexibility index (Phi) is 16.9. The molecule has 0 bridgehead atoms. The predicted octanol–water partition coefficient (Wildman–Crippen LogP) is 5.83. The zero-order valence-corrected chi connectivity index (χ0v) is 35.3. The summed E-state index contributed by atoms with van der Waals surface area (Å²) in [4.78, 5) is 47.2. The van der Waals surface area contributed by atoms with Crippen molar-refractivity contribution in [3.8, 4) is 57.5 Å². The molecule has 18 heteroatoms. The Bertz CT molecular complexity index is 2150. The van der Waals surface area contributed by atoms with Gasteiger partial charge in [-0.1, -0.05) is 0 Å². The topological polar surface area (TPSA) is 219 Å². The van der Waals surface area contributed by atoms with Crippen LogP contribution in [-0.2, 0) is 28.7 Å². The van der Waals surface area contributed by atoms with E-state index in [1.807, 2.05) is 0 Å². The lowest BCUT2D eigenvalue weighted by atomic mass is 9.99. The van der Waals surface area contributed by atoms with E-state index in [0.29, 0.717) is 67.5 Å². The highest BCUT2D eigenvalue weighted by Crippen LogP contribution is 2.53. The first kappa shape index (κ1) is 47.1. The Morgan fingerprint density at radius 2 is 0.683 bits per heavy atom. The van der Waals surface area contributed by atoms with Crippen LogP contribution in [-0.4, -0.2) is 118 Å². The van der Waals surface area contributed by atoms with E-state index in [4.69, 9.17) is 47.4 Å². The van der Waals surface area contributed by atoms with Crippen LogP contribution in [0.4, 0.5) is 0 Å². The summed E-state index contributed by atoms with van der Waals surface area (Å²) < 4.78 is 64.1. The number of esters is 2. The van der Waals surface area contributed by atoms with Gasteiger partial charge in [-0.3, -0.25) is 9.59 Å². The second kappa shape index (κ2) is 21.5. The van der Waals surface area contributed by atoms with Crippen LogP contribution in [0.2, 0.25) is 0 Å². The predicted molar refractivity (Wildman–Crippen MR) is 218 cm³/mol. The van der Waals surface area contributed by atoms with Gasteiger partial charge in [0, 0.05) is 24.3 Å². The second-order valence-corrected chi connectivity index (χ2v) is 11.7. The minimum absolute atomic E-state index is 0.0329. The van der Waals surface area contributed by atoms with Crippen LogP contribution < -0.4 is 47.4 Å². The number of fused-ring (bicyclic) bond motifs is 2. The fourth-order valence-electron chi connectivity index (χ4n) is 6.04. The van der Waals surface area contributed by atoms with Crippen molar-refractivity contribution in [2.45, 2.75) is 13.8 Å². The van der Waals surface area contributed by atoms with E-state index in [2.05, 4.69) is 9.47 Å². The first-order valence-electron chi connectivity index (χ1n) is 17.8. The average Bonchev–Trinajstić information content (AvgIpc) is 3.26. The summed E-state index contributed by atoms with van der Waals surface area (Å²) in [5.74, 6) is -2.08. The first-order chi connectivity index (χ1) is 28.7. The van der Waals surface area contributed by atoms with Crippen LogP contribution in [0.15, 0.2) is 36.4 Å². The van der Waals surface area contributed by atoms with Crippen molar-refractivity contribution < 1.29 is 86.2 Å². The highest BCUT2D eigenvalue weighted by atomic mass is 16.5. The van der Waals surface area contributed by atoms with Crippen LogP contribution in [0.3, 0.4) is 0 Å². The smallest absolute Gasteiger partial charge is 0.379 e. The van der Waals surface area contributed by atoms with Gasteiger partial charge >= 0.3 is 11.9 Å². The number of aliphatic hydroxyl groups excluding tert-OH is 2. The number of rotatable bonds is 18. The van der Waals surface area contributed by atoms with Crippen molar-refractivity contribution in [2.75, 3.05) is 84.3 Å². The number of ether oxygens (including phenoxy) is 12. The van der Waals surface area contributed by atoms with Crippen LogP contribution in [0.5, 0.6) is 57.5 Å². The Morgan fingerprint density at radius 1 is 0.417 bits per heavy atom. The molecule has 4 aromatic rings. The van der Waals surface area contributed by atoms with Gasteiger partial charge in [0.1, 0.15) is 46.0 Å². The summed E-state index contributed by atoms with van der Waals surface area (Å²) >= 11 is 0. The summed E-state index contributed by atoms with van der Waals surface area (Å²) in [6, 6.07) is 6.09. The molecule has 0 aliphatic carbocycles. The van der Waals surface area contributed by atoms with Crippen LogP contribution in [0.1, 0.15) is 25.0 Å². The molecule has 324 valence electrons. The zero-order chi connectivity index (χ0) is 44.8. The summed E-state index contributed by atoms with van der Waals surface area (Å²) in [6.07, 6.45) is 1.52. The number of carbonyl (C=O) groups is 4. The molecule has 2 N–H and O–H groups in total. The molecule has 0 atom stereocenters. The average molecular weight is 841 g/mol. The summed E-state index contributed by atoms with van der Waals surface area (Å²) in [5.41, 5.74) is 0.204. The summed E-state index contributed by atoms with van der Waals surface area (Å²) in [5, 5.41) is 23.0.